The Kier molecular flexibility index (Phi) is 4.61. The molecule has 1 aromatic carbocycles. The van der Waals surface area contributed by atoms with Gasteiger partial charge in [-0.3, -0.25) is 9.20 Å². The maximum atomic E-state index is 12.6. The van der Waals surface area contributed by atoms with E-state index in [0.29, 0.717) is 30.2 Å². The van der Waals surface area contributed by atoms with E-state index in [9.17, 15) is 4.79 Å². The first-order valence-corrected chi connectivity index (χ1v) is 8.80. The van der Waals surface area contributed by atoms with Crippen LogP contribution in [-0.2, 0) is 6.42 Å². The maximum absolute atomic E-state index is 12.6. The third-order valence-corrected chi connectivity index (χ3v) is 4.36. The molecule has 0 aliphatic carbocycles. The van der Waals surface area contributed by atoms with Crippen LogP contribution in [-0.4, -0.2) is 31.8 Å². The maximum Gasteiger partial charge on any atom is 0.270 e. The minimum atomic E-state index is -0.131. The SMILES string of the molecule is Cc1nc2ccccn2c1C(=O)NCCc1cnc(-c2ccccc2)nc1. The van der Waals surface area contributed by atoms with Crippen LogP contribution in [0.1, 0.15) is 21.7 Å². The predicted molar refractivity (Wildman–Crippen MR) is 103 cm³/mol. The van der Waals surface area contributed by atoms with Gasteiger partial charge in [0.05, 0.1) is 5.69 Å². The van der Waals surface area contributed by atoms with Crippen molar-refractivity contribution in [1.82, 2.24) is 24.7 Å². The highest BCUT2D eigenvalue weighted by atomic mass is 16.1. The van der Waals surface area contributed by atoms with Crippen molar-refractivity contribution >= 4 is 11.6 Å². The molecule has 27 heavy (non-hydrogen) atoms. The largest absolute Gasteiger partial charge is 0.350 e. The highest BCUT2D eigenvalue weighted by Gasteiger charge is 2.15. The fourth-order valence-electron chi connectivity index (χ4n) is 3.01. The van der Waals surface area contributed by atoms with Gasteiger partial charge in [0.1, 0.15) is 11.3 Å². The van der Waals surface area contributed by atoms with Crippen molar-refractivity contribution in [2.75, 3.05) is 6.54 Å². The van der Waals surface area contributed by atoms with Crippen LogP contribution < -0.4 is 5.32 Å². The number of carbonyl (C=O) groups is 1. The third-order valence-electron chi connectivity index (χ3n) is 4.36. The van der Waals surface area contributed by atoms with Crippen LogP contribution in [0.25, 0.3) is 17.0 Å². The number of fused-ring (bicyclic) bond motifs is 1. The second-order valence-electron chi connectivity index (χ2n) is 6.26. The summed E-state index contributed by atoms with van der Waals surface area (Å²) in [7, 11) is 0. The van der Waals surface area contributed by atoms with E-state index in [1.54, 1.807) is 12.4 Å². The topological polar surface area (TPSA) is 72.2 Å². The van der Waals surface area contributed by atoms with Crippen LogP contribution in [0.3, 0.4) is 0 Å². The highest BCUT2D eigenvalue weighted by molar-refractivity contribution is 5.94. The molecular formula is C21H19N5O. The van der Waals surface area contributed by atoms with E-state index in [2.05, 4.69) is 20.3 Å². The Morgan fingerprint density at radius 2 is 1.78 bits per heavy atom. The molecule has 0 fully saturated rings. The lowest BCUT2D eigenvalue weighted by Crippen LogP contribution is -2.27. The zero-order valence-corrected chi connectivity index (χ0v) is 15.0. The summed E-state index contributed by atoms with van der Waals surface area (Å²) in [5, 5.41) is 2.96. The molecule has 3 heterocycles. The van der Waals surface area contributed by atoms with Gasteiger partial charge in [0.15, 0.2) is 5.82 Å². The minimum Gasteiger partial charge on any atom is -0.350 e. The Morgan fingerprint density at radius 1 is 1.04 bits per heavy atom. The molecule has 4 rings (SSSR count). The molecule has 134 valence electrons. The number of hydrogen-bond donors (Lipinski definition) is 1. The van der Waals surface area contributed by atoms with Crippen molar-refractivity contribution in [3.05, 3.63) is 84.1 Å². The molecule has 6 nitrogen and oxygen atoms in total. The van der Waals surface area contributed by atoms with Gasteiger partial charge in [0.2, 0.25) is 0 Å². The lowest BCUT2D eigenvalue weighted by Gasteiger charge is -2.06. The molecule has 1 amide bonds. The smallest absolute Gasteiger partial charge is 0.270 e. The Hall–Kier alpha value is -3.54. The molecule has 0 atom stereocenters. The number of aromatic nitrogens is 4. The normalized spacial score (nSPS) is 10.9. The van der Waals surface area contributed by atoms with Gasteiger partial charge in [-0.05, 0) is 31.0 Å². The van der Waals surface area contributed by atoms with Gasteiger partial charge in [-0.1, -0.05) is 36.4 Å². The number of aryl methyl sites for hydroxylation is 1. The van der Waals surface area contributed by atoms with Crippen molar-refractivity contribution in [2.45, 2.75) is 13.3 Å². The van der Waals surface area contributed by atoms with Crippen LogP contribution in [0.2, 0.25) is 0 Å². The molecule has 0 radical (unpaired) electrons. The van der Waals surface area contributed by atoms with Crippen molar-refractivity contribution < 1.29 is 4.79 Å². The first-order valence-electron chi connectivity index (χ1n) is 8.80. The molecule has 6 heteroatoms. The van der Waals surface area contributed by atoms with Gasteiger partial charge in [-0.25, -0.2) is 15.0 Å². The number of hydrogen-bond acceptors (Lipinski definition) is 4. The van der Waals surface area contributed by atoms with Crippen LogP contribution in [0.5, 0.6) is 0 Å². The van der Waals surface area contributed by atoms with Crippen molar-refractivity contribution in [3.8, 4) is 11.4 Å². The lowest BCUT2D eigenvalue weighted by molar-refractivity contribution is 0.0947. The predicted octanol–water partition coefficient (Wildman–Crippen LogP) is 3.07. The van der Waals surface area contributed by atoms with Crippen LogP contribution >= 0.6 is 0 Å². The van der Waals surface area contributed by atoms with Gasteiger partial charge in [-0.2, -0.15) is 0 Å². The van der Waals surface area contributed by atoms with E-state index in [0.717, 1.165) is 16.8 Å². The summed E-state index contributed by atoms with van der Waals surface area (Å²) in [4.78, 5) is 25.8. The molecule has 0 spiro atoms. The first kappa shape index (κ1) is 16.9. The number of carbonyl (C=O) groups excluding carboxylic acids is 1. The Balaban J connectivity index is 1.39. The van der Waals surface area contributed by atoms with Gasteiger partial charge in [-0.15, -0.1) is 0 Å². The van der Waals surface area contributed by atoms with Gasteiger partial charge < -0.3 is 5.32 Å². The Morgan fingerprint density at radius 3 is 2.56 bits per heavy atom. The number of nitrogens with one attached hydrogen (secondary N) is 1. The number of benzene rings is 1. The van der Waals surface area contributed by atoms with Gasteiger partial charge >= 0.3 is 0 Å². The molecule has 0 aliphatic heterocycles. The van der Waals surface area contributed by atoms with Crippen molar-refractivity contribution in [2.24, 2.45) is 0 Å². The number of amides is 1. The van der Waals surface area contributed by atoms with Crippen LogP contribution in [0, 0.1) is 6.92 Å². The number of rotatable bonds is 5. The molecule has 3 aromatic heterocycles. The Bertz CT molecular complexity index is 1070. The van der Waals surface area contributed by atoms with E-state index >= 15 is 0 Å². The van der Waals surface area contributed by atoms with E-state index in [1.165, 1.54) is 0 Å². The van der Waals surface area contributed by atoms with E-state index in [1.807, 2.05) is 66.1 Å². The summed E-state index contributed by atoms with van der Waals surface area (Å²) >= 11 is 0. The molecule has 0 saturated carbocycles. The number of pyridine rings is 1. The van der Waals surface area contributed by atoms with E-state index in [-0.39, 0.29) is 5.91 Å². The van der Waals surface area contributed by atoms with Crippen LogP contribution in [0.4, 0.5) is 0 Å². The zero-order chi connectivity index (χ0) is 18.6. The molecule has 4 aromatic rings. The highest BCUT2D eigenvalue weighted by Crippen LogP contribution is 2.14. The second-order valence-corrected chi connectivity index (χ2v) is 6.26. The molecule has 0 unspecified atom stereocenters. The van der Waals surface area contributed by atoms with Crippen molar-refractivity contribution in [1.29, 1.82) is 0 Å². The second kappa shape index (κ2) is 7.37. The van der Waals surface area contributed by atoms with Gasteiger partial charge in [0.25, 0.3) is 5.91 Å². The molecule has 0 bridgehead atoms. The Labute approximate surface area is 156 Å². The molecule has 0 saturated heterocycles. The average molecular weight is 357 g/mol. The summed E-state index contributed by atoms with van der Waals surface area (Å²) in [6.07, 6.45) is 6.12. The standard InChI is InChI=1S/C21H19N5O/c1-15-19(26-12-6-5-9-18(26)25-15)21(27)22-11-10-16-13-23-20(24-14-16)17-7-3-2-4-8-17/h2-9,12-14H,10-11H2,1H3,(H,22,27). The van der Waals surface area contributed by atoms with Gasteiger partial charge in [0, 0.05) is 30.7 Å². The number of nitrogens with zero attached hydrogens (tertiary/aromatic N) is 4. The molecule has 0 aliphatic rings. The van der Waals surface area contributed by atoms with E-state index in [4.69, 9.17) is 0 Å². The fraction of sp³-hybridized carbons (Fsp3) is 0.143. The quantitative estimate of drug-likeness (QED) is 0.596. The summed E-state index contributed by atoms with van der Waals surface area (Å²) in [6.45, 7) is 2.35. The fourth-order valence-corrected chi connectivity index (χ4v) is 3.01. The number of imidazole rings is 1. The monoisotopic (exact) mass is 357 g/mol. The summed E-state index contributed by atoms with van der Waals surface area (Å²) in [5.74, 6) is 0.567. The zero-order valence-electron chi connectivity index (χ0n) is 15.0. The molecule has 1 N–H and O–H groups in total. The summed E-state index contributed by atoms with van der Waals surface area (Å²) in [6, 6.07) is 15.5. The third kappa shape index (κ3) is 3.55. The van der Waals surface area contributed by atoms with Crippen LogP contribution in [0.15, 0.2) is 67.1 Å². The first-order chi connectivity index (χ1) is 13.2. The average Bonchev–Trinajstić information content (AvgIpc) is 3.05. The summed E-state index contributed by atoms with van der Waals surface area (Å²) < 4.78 is 1.81. The van der Waals surface area contributed by atoms with E-state index < -0.39 is 0 Å². The minimum absolute atomic E-state index is 0.131. The summed E-state index contributed by atoms with van der Waals surface area (Å²) in [5.41, 5.74) is 4.02. The molecular weight excluding hydrogens is 338 g/mol. The lowest BCUT2D eigenvalue weighted by atomic mass is 10.2. The van der Waals surface area contributed by atoms with Crippen molar-refractivity contribution in [3.63, 3.8) is 0 Å².